The van der Waals surface area contributed by atoms with Gasteiger partial charge in [-0.15, -0.1) is 0 Å². The number of rotatable bonds is 6. The molecule has 1 atom stereocenters. The summed E-state index contributed by atoms with van der Waals surface area (Å²) in [5, 5.41) is 2.66. The highest BCUT2D eigenvalue weighted by Gasteiger charge is 2.15. The SMILES string of the molecule is C/C=S(\Cc1ccc(Br)cc1)Nc1ccc(Cl)cc1C(=O)c1ccncc1. The van der Waals surface area contributed by atoms with Gasteiger partial charge < -0.3 is 4.72 Å². The molecule has 0 aliphatic carbocycles. The molecule has 1 unspecified atom stereocenters. The van der Waals surface area contributed by atoms with Crippen LogP contribution >= 0.6 is 38.2 Å². The summed E-state index contributed by atoms with van der Waals surface area (Å²) < 4.78 is 4.56. The molecular formula is C21H18BrClN2OS. The van der Waals surface area contributed by atoms with Gasteiger partial charge in [-0.3, -0.25) is 9.78 Å². The van der Waals surface area contributed by atoms with E-state index in [2.05, 4.69) is 43.1 Å². The number of carbonyl (C=O) groups is 1. The predicted octanol–water partition coefficient (Wildman–Crippen LogP) is 6.35. The number of aromatic nitrogens is 1. The first kappa shape index (κ1) is 19.8. The molecule has 6 heteroatoms. The number of hydrogen-bond donors (Lipinski definition) is 1. The van der Waals surface area contributed by atoms with Gasteiger partial charge in [0.15, 0.2) is 5.78 Å². The molecule has 0 bridgehead atoms. The van der Waals surface area contributed by atoms with Gasteiger partial charge in [-0.25, -0.2) is 0 Å². The Hall–Kier alpha value is -1.95. The van der Waals surface area contributed by atoms with Crippen molar-refractivity contribution >= 4 is 55.0 Å². The van der Waals surface area contributed by atoms with Crippen molar-refractivity contribution in [2.24, 2.45) is 0 Å². The molecule has 0 fully saturated rings. The van der Waals surface area contributed by atoms with E-state index in [1.165, 1.54) is 5.56 Å². The molecule has 1 heterocycles. The van der Waals surface area contributed by atoms with Crippen molar-refractivity contribution in [3.8, 4) is 0 Å². The molecule has 0 aliphatic heterocycles. The van der Waals surface area contributed by atoms with Crippen molar-refractivity contribution in [3.63, 3.8) is 0 Å². The number of nitrogens with one attached hydrogen (secondary N) is 1. The topological polar surface area (TPSA) is 42.0 Å². The summed E-state index contributed by atoms with van der Waals surface area (Å²) in [6.45, 7) is 2.02. The van der Waals surface area contributed by atoms with Gasteiger partial charge in [0.1, 0.15) is 0 Å². The normalized spacial score (nSPS) is 12.0. The number of halogens is 2. The molecule has 0 saturated carbocycles. The maximum absolute atomic E-state index is 12.9. The fourth-order valence-electron chi connectivity index (χ4n) is 2.53. The minimum absolute atomic E-state index is 0.0781. The Balaban J connectivity index is 1.87. The monoisotopic (exact) mass is 460 g/mol. The molecule has 0 saturated heterocycles. The van der Waals surface area contributed by atoms with Crippen LogP contribution in [-0.4, -0.2) is 16.1 Å². The summed E-state index contributed by atoms with van der Waals surface area (Å²) in [5.74, 6) is 0.764. The molecule has 0 spiro atoms. The maximum Gasteiger partial charge on any atom is 0.195 e. The van der Waals surface area contributed by atoms with E-state index < -0.39 is 0 Å². The van der Waals surface area contributed by atoms with E-state index in [0.717, 1.165) is 15.9 Å². The fourth-order valence-corrected chi connectivity index (χ4v) is 4.34. The summed E-state index contributed by atoms with van der Waals surface area (Å²) in [7, 11) is -0.228. The van der Waals surface area contributed by atoms with Gasteiger partial charge in [0.25, 0.3) is 0 Å². The zero-order chi connectivity index (χ0) is 19.2. The molecule has 2 aromatic carbocycles. The van der Waals surface area contributed by atoms with Crippen LogP contribution in [0, 0.1) is 0 Å². The Morgan fingerprint density at radius 1 is 1.15 bits per heavy atom. The van der Waals surface area contributed by atoms with Crippen LogP contribution in [-0.2, 0) is 5.75 Å². The quantitative estimate of drug-likeness (QED) is 0.344. The predicted molar refractivity (Wildman–Crippen MR) is 120 cm³/mol. The van der Waals surface area contributed by atoms with E-state index >= 15 is 0 Å². The van der Waals surface area contributed by atoms with E-state index in [1.807, 2.05) is 25.1 Å². The van der Waals surface area contributed by atoms with Crippen LogP contribution in [0.1, 0.15) is 28.4 Å². The first-order chi connectivity index (χ1) is 13.1. The Morgan fingerprint density at radius 3 is 2.52 bits per heavy atom. The number of anilines is 1. The van der Waals surface area contributed by atoms with Crippen molar-refractivity contribution in [1.29, 1.82) is 0 Å². The highest BCUT2D eigenvalue weighted by Crippen LogP contribution is 2.29. The van der Waals surface area contributed by atoms with Gasteiger partial charge in [-0.05, 0) is 60.3 Å². The van der Waals surface area contributed by atoms with Crippen LogP contribution in [0.2, 0.25) is 5.02 Å². The van der Waals surface area contributed by atoms with Crippen LogP contribution in [0.25, 0.3) is 0 Å². The number of benzene rings is 2. The molecule has 27 heavy (non-hydrogen) atoms. The summed E-state index contributed by atoms with van der Waals surface area (Å²) in [6, 6.07) is 17.1. The van der Waals surface area contributed by atoms with Crippen molar-refractivity contribution in [2.45, 2.75) is 12.7 Å². The summed E-state index contributed by atoms with van der Waals surface area (Å²) in [5.41, 5.74) is 3.15. The molecule has 1 aromatic heterocycles. The van der Waals surface area contributed by atoms with E-state index in [9.17, 15) is 4.79 Å². The lowest BCUT2D eigenvalue weighted by Crippen LogP contribution is -2.06. The maximum atomic E-state index is 12.9. The second kappa shape index (κ2) is 9.31. The van der Waals surface area contributed by atoms with Crippen molar-refractivity contribution < 1.29 is 4.79 Å². The van der Waals surface area contributed by atoms with Gasteiger partial charge in [0, 0.05) is 38.8 Å². The lowest BCUT2D eigenvalue weighted by Gasteiger charge is -2.16. The fraction of sp³-hybridized carbons (Fsp3) is 0.0952. The number of carbonyl (C=O) groups excluding carboxylic acids is 1. The second-order valence-corrected chi connectivity index (χ2v) is 8.97. The van der Waals surface area contributed by atoms with E-state index in [-0.39, 0.29) is 16.5 Å². The zero-order valence-electron chi connectivity index (χ0n) is 14.7. The molecule has 3 aromatic rings. The van der Waals surface area contributed by atoms with Crippen LogP contribution in [0.3, 0.4) is 0 Å². The zero-order valence-corrected chi connectivity index (χ0v) is 17.8. The standard InChI is InChI=1S/C21H18BrClN2OS/c1-2-27(14-15-3-5-17(22)6-4-15)25-20-8-7-18(23)13-19(20)21(26)16-9-11-24-12-10-16/h2-13,25H,14H2,1H3. The Bertz CT molecular complexity index is 975. The number of hydrogen-bond acceptors (Lipinski definition) is 3. The molecular weight excluding hydrogens is 444 g/mol. The number of nitrogens with zero attached hydrogens (tertiary/aromatic N) is 1. The number of ketones is 1. The van der Waals surface area contributed by atoms with E-state index in [4.69, 9.17) is 11.6 Å². The third-order valence-electron chi connectivity index (χ3n) is 3.93. The van der Waals surface area contributed by atoms with Crippen LogP contribution in [0.5, 0.6) is 0 Å². The minimum atomic E-state index is -0.228. The van der Waals surface area contributed by atoms with Crippen LogP contribution in [0.15, 0.2) is 71.5 Å². The van der Waals surface area contributed by atoms with E-state index in [1.54, 1.807) is 36.7 Å². The lowest BCUT2D eigenvalue weighted by molar-refractivity contribution is 0.103. The van der Waals surface area contributed by atoms with Crippen LogP contribution < -0.4 is 4.72 Å². The molecule has 1 N–H and O–H groups in total. The Kier molecular flexibility index (Phi) is 6.83. The third kappa shape index (κ3) is 5.28. The summed E-state index contributed by atoms with van der Waals surface area (Å²) >= 11 is 9.62. The van der Waals surface area contributed by atoms with Gasteiger partial charge in [0.05, 0.1) is 5.69 Å². The second-order valence-electron chi connectivity index (χ2n) is 5.79. The molecule has 3 rings (SSSR count). The highest BCUT2D eigenvalue weighted by atomic mass is 79.9. The molecule has 138 valence electrons. The minimum Gasteiger partial charge on any atom is -0.335 e. The molecule has 0 radical (unpaired) electrons. The molecule has 3 nitrogen and oxygen atoms in total. The third-order valence-corrected chi connectivity index (χ3v) is 6.39. The Labute approximate surface area is 175 Å². The van der Waals surface area contributed by atoms with Gasteiger partial charge in [0.2, 0.25) is 0 Å². The summed E-state index contributed by atoms with van der Waals surface area (Å²) in [4.78, 5) is 16.9. The van der Waals surface area contributed by atoms with Crippen molar-refractivity contribution in [3.05, 3.63) is 93.2 Å². The van der Waals surface area contributed by atoms with Gasteiger partial charge in [-0.2, -0.15) is 0 Å². The average molecular weight is 462 g/mol. The average Bonchev–Trinajstić information content (AvgIpc) is 2.70. The Morgan fingerprint density at radius 2 is 1.85 bits per heavy atom. The molecule has 0 aliphatic rings. The van der Waals surface area contributed by atoms with Crippen molar-refractivity contribution in [1.82, 2.24) is 4.98 Å². The highest BCUT2D eigenvalue weighted by molar-refractivity contribution is 9.10. The van der Waals surface area contributed by atoms with E-state index in [0.29, 0.717) is 16.1 Å². The first-order valence-electron chi connectivity index (χ1n) is 8.31. The summed E-state index contributed by atoms with van der Waals surface area (Å²) in [6.07, 6.45) is 3.23. The molecule has 0 amide bonds. The van der Waals surface area contributed by atoms with Gasteiger partial charge in [-0.1, -0.05) is 50.3 Å². The lowest BCUT2D eigenvalue weighted by atomic mass is 10.0. The van der Waals surface area contributed by atoms with Crippen LogP contribution in [0.4, 0.5) is 5.69 Å². The first-order valence-corrected chi connectivity index (χ1v) is 10.9. The van der Waals surface area contributed by atoms with Crippen molar-refractivity contribution in [2.75, 3.05) is 4.72 Å². The largest absolute Gasteiger partial charge is 0.335 e. The number of pyridine rings is 1. The smallest absolute Gasteiger partial charge is 0.195 e. The van der Waals surface area contributed by atoms with Gasteiger partial charge >= 0.3 is 0 Å².